The summed E-state index contributed by atoms with van der Waals surface area (Å²) in [7, 11) is 0. The van der Waals surface area contributed by atoms with Crippen molar-refractivity contribution in [2.75, 3.05) is 0 Å². The third-order valence-electron chi connectivity index (χ3n) is 11.7. The summed E-state index contributed by atoms with van der Waals surface area (Å²) >= 11 is 3.79. The van der Waals surface area contributed by atoms with Crippen LogP contribution in [0.15, 0.2) is 194 Å². The largest absolute Gasteiger partial charge is 0.135 e. The summed E-state index contributed by atoms with van der Waals surface area (Å²) in [5.74, 6) is 0. The van der Waals surface area contributed by atoms with Gasteiger partial charge < -0.3 is 0 Å². The second-order valence-corrected chi connectivity index (χ2v) is 16.9. The van der Waals surface area contributed by atoms with Gasteiger partial charge in [0, 0.05) is 40.3 Å². The Morgan fingerprint density at radius 3 is 1.05 bits per heavy atom. The average Bonchev–Trinajstić information content (AvgIpc) is 3.84. The Balaban J connectivity index is 1.13. The molecule has 0 saturated carbocycles. The maximum atomic E-state index is 2.45. The molecule has 0 atom stereocenters. The monoisotopic (exact) mass is 744 g/mol. The summed E-state index contributed by atoms with van der Waals surface area (Å²) in [5.41, 5.74) is 17.5. The lowest BCUT2D eigenvalue weighted by Gasteiger charge is -2.23. The molecule has 0 nitrogen and oxygen atoms in total. The fraction of sp³-hybridized carbons (Fsp3) is 0. The van der Waals surface area contributed by atoms with Crippen molar-refractivity contribution in [2.45, 2.75) is 0 Å². The molecule has 12 rings (SSSR count). The minimum Gasteiger partial charge on any atom is -0.135 e. The van der Waals surface area contributed by atoms with Crippen molar-refractivity contribution in [3.63, 3.8) is 0 Å². The maximum absolute atomic E-state index is 2.45. The van der Waals surface area contributed by atoms with Crippen LogP contribution in [0.2, 0.25) is 0 Å². The van der Waals surface area contributed by atoms with E-state index in [0.29, 0.717) is 0 Å². The van der Waals surface area contributed by atoms with Gasteiger partial charge in [-0.25, -0.2) is 0 Å². The highest BCUT2D eigenvalue weighted by Crippen LogP contribution is 2.50. The van der Waals surface area contributed by atoms with Gasteiger partial charge in [0.25, 0.3) is 0 Å². The molecule has 56 heavy (non-hydrogen) atoms. The first-order chi connectivity index (χ1) is 27.8. The highest BCUT2D eigenvalue weighted by molar-refractivity contribution is 7.26. The number of fused-ring (bicyclic) bond motifs is 14. The number of hydrogen-bond donors (Lipinski definition) is 0. The van der Waals surface area contributed by atoms with Gasteiger partial charge in [-0.05, 0) is 114 Å². The zero-order chi connectivity index (χ0) is 36.7. The van der Waals surface area contributed by atoms with Gasteiger partial charge in [0.05, 0.1) is 0 Å². The molecule has 2 heteroatoms. The van der Waals surface area contributed by atoms with Crippen LogP contribution >= 0.6 is 22.7 Å². The Morgan fingerprint density at radius 1 is 0.214 bits per heavy atom. The van der Waals surface area contributed by atoms with E-state index < -0.39 is 0 Å². The highest BCUT2D eigenvalue weighted by atomic mass is 32.1. The van der Waals surface area contributed by atoms with Gasteiger partial charge in [-0.1, -0.05) is 158 Å². The Bertz CT molecular complexity index is 3240. The van der Waals surface area contributed by atoms with E-state index in [2.05, 4.69) is 194 Å². The Morgan fingerprint density at radius 2 is 0.571 bits per heavy atom. The van der Waals surface area contributed by atoms with E-state index in [1.165, 1.54) is 118 Å². The van der Waals surface area contributed by atoms with Gasteiger partial charge in [0.2, 0.25) is 0 Å². The highest BCUT2D eigenvalue weighted by Gasteiger charge is 2.23. The van der Waals surface area contributed by atoms with Crippen molar-refractivity contribution in [3.05, 3.63) is 194 Å². The molecule has 0 aliphatic heterocycles. The van der Waals surface area contributed by atoms with E-state index in [0.717, 1.165) is 0 Å². The molecule has 260 valence electrons. The first-order valence-electron chi connectivity index (χ1n) is 19.2. The maximum Gasteiger partial charge on any atom is 0.0433 e. The number of thiophene rings is 2. The molecule has 0 unspecified atom stereocenters. The third kappa shape index (κ3) is 4.83. The van der Waals surface area contributed by atoms with Crippen LogP contribution in [0.4, 0.5) is 0 Å². The van der Waals surface area contributed by atoms with Gasteiger partial charge >= 0.3 is 0 Å². The molecule has 0 bridgehead atoms. The molecule has 0 amide bonds. The van der Waals surface area contributed by atoms with Gasteiger partial charge in [0.15, 0.2) is 0 Å². The molecule has 9 aromatic carbocycles. The zero-order valence-corrected chi connectivity index (χ0v) is 31.9. The lowest BCUT2D eigenvalue weighted by Crippen LogP contribution is -1.97. The third-order valence-corrected chi connectivity index (χ3v) is 14.1. The van der Waals surface area contributed by atoms with Gasteiger partial charge in [-0.15, -0.1) is 22.7 Å². The van der Waals surface area contributed by atoms with E-state index in [1.807, 2.05) is 22.7 Å². The number of benzene rings is 9. The molecule has 1 aliphatic rings. The Labute approximate surface area is 333 Å². The summed E-state index contributed by atoms with van der Waals surface area (Å²) in [6.45, 7) is 0. The molecule has 0 spiro atoms. The van der Waals surface area contributed by atoms with Crippen molar-refractivity contribution in [2.24, 2.45) is 0 Å². The van der Waals surface area contributed by atoms with Crippen LogP contribution in [-0.4, -0.2) is 0 Å². The molecule has 0 N–H and O–H groups in total. The predicted octanol–water partition coefficient (Wildman–Crippen LogP) is 16.4. The van der Waals surface area contributed by atoms with Crippen LogP contribution in [0.1, 0.15) is 0 Å². The predicted molar refractivity (Wildman–Crippen MR) is 244 cm³/mol. The molecular weight excluding hydrogens is 713 g/mol. The minimum absolute atomic E-state index is 1.21. The number of rotatable bonds is 3. The fourth-order valence-electron chi connectivity index (χ4n) is 9.09. The number of hydrogen-bond acceptors (Lipinski definition) is 2. The van der Waals surface area contributed by atoms with Gasteiger partial charge in [-0.2, -0.15) is 0 Å². The molecule has 2 heterocycles. The van der Waals surface area contributed by atoms with E-state index in [4.69, 9.17) is 0 Å². The molecule has 0 saturated heterocycles. The van der Waals surface area contributed by atoms with E-state index >= 15 is 0 Å². The molecule has 11 aromatic rings. The lowest BCUT2D eigenvalue weighted by molar-refractivity contribution is 1.51. The summed E-state index contributed by atoms with van der Waals surface area (Å²) in [4.78, 5) is 0. The Kier molecular flexibility index (Phi) is 7.07. The van der Waals surface area contributed by atoms with E-state index in [9.17, 15) is 0 Å². The first-order valence-corrected chi connectivity index (χ1v) is 20.8. The minimum atomic E-state index is 1.21. The van der Waals surface area contributed by atoms with Crippen molar-refractivity contribution < 1.29 is 0 Å². The lowest BCUT2D eigenvalue weighted by atomic mass is 9.80. The van der Waals surface area contributed by atoms with E-state index in [1.54, 1.807) is 0 Å². The van der Waals surface area contributed by atoms with Crippen molar-refractivity contribution in [1.29, 1.82) is 0 Å². The van der Waals surface area contributed by atoms with Crippen LogP contribution in [0.3, 0.4) is 0 Å². The molecule has 0 fully saturated rings. The van der Waals surface area contributed by atoms with Crippen LogP contribution in [0, 0.1) is 0 Å². The molecule has 0 radical (unpaired) electrons. The quantitative estimate of drug-likeness (QED) is 0.169. The normalized spacial score (nSPS) is 11.9. The van der Waals surface area contributed by atoms with Crippen LogP contribution in [0.25, 0.3) is 118 Å². The van der Waals surface area contributed by atoms with Crippen molar-refractivity contribution in [3.8, 4) is 77.9 Å². The molecule has 2 aromatic heterocycles. The zero-order valence-electron chi connectivity index (χ0n) is 30.3. The summed E-state index contributed by atoms with van der Waals surface area (Å²) in [6, 6.07) is 72.4. The van der Waals surface area contributed by atoms with Gasteiger partial charge in [-0.3, -0.25) is 0 Å². The summed E-state index contributed by atoms with van der Waals surface area (Å²) in [5, 5.41) is 5.28. The fourth-order valence-corrected chi connectivity index (χ4v) is 11.6. The standard InChI is InChI=1S/C54H32S2/c1-2-14-40-39(13-1)41-15-3-4-17-43(41)45-28-27-33(32-50(45)44-18-6-5-16-42(40)44)34-29-35(37-21-11-23-48-46-19-7-9-25-51(46)55-53(37)48)31-36(30-34)38-22-12-24-49-47-20-8-10-26-52(47)56-54(38)49/h1-32H. The van der Waals surface area contributed by atoms with Crippen LogP contribution in [-0.2, 0) is 0 Å². The second-order valence-electron chi connectivity index (χ2n) is 14.8. The second kappa shape index (κ2) is 12.5. The summed E-state index contributed by atoms with van der Waals surface area (Å²) < 4.78 is 5.31. The average molecular weight is 745 g/mol. The smallest absolute Gasteiger partial charge is 0.0433 e. The van der Waals surface area contributed by atoms with Crippen LogP contribution in [0.5, 0.6) is 0 Å². The topological polar surface area (TPSA) is 0 Å². The first kappa shape index (κ1) is 31.7. The van der Waals surface area contributed by atoms with Gasteiger partial charge in [0.1, 0.15) is 0 Å². The molecule has 1 aliphatic carbocycles. The SMILES string of the molecule is c1ccc2c(c1)-c1ccccc1-c1ccc(-c3cc(-c4cccc5c4sc4ccccc45)cc(-c4cccc5c4sc4ccccc45)c3)cc1-c1ccccc1-2. The Hall–Kier alpha value is -6.58. The molecular formula is C54H32S2. The van der Waals surface area contributed by atoms with E-state index in [-0.39, 0.29) is 0 Å². The summed E-state index contributed by atoms with van der Waals surface area (Å²) in [6.07, 6.45) is 0. The van der Waals surface area contributed by atoms with Crippen LogP contribution < -0.4 is 0 Å². The van der Waals surface area contributed by atoms with Crippen molar-refractivity contribution in [1.82, 2.24) is 0 Å². The van der Waals surface area contributed by atoms with Crippen molar-refractivity contribution >= 4 is 63.0 Å².